The van der Waals surface area contributed by atoms with Crippen molar-refractivity contribution in [1.29, 1.82) is 0 Å². The van der Waals surface area contributed by atoms with Crippen LogP contribution in [0.4, 0.5) is 0 Å². The van der Waals surface area contributed by atoms with Crippen LogP contribution in [0.3, 0.4) is 0 Å². The summed E-state index contributed by atoms with van der Waals surface area (Å²) in [5.74, 6) is 5.36. The molecule has 100 valence electrons. The summed E-state index contributed by atoms with van der Waals surface area (Å²) in [5.41, 5.74) is -1.00. The first-order chi connectivity index (χ1) is 8.45. The molecule has 0 radical (unpaired) electrons. The van der Waals surface area contributed by atoms with E-state index in [0.717, 1.165) is 4.57 Å². The van der Waals surface area contributed by atoms with Gasteiger partial charge in [-0.2, -0.15) is 4.68 Å². The summed E-state index contributed by atoms with van der Waals surface area (Å²) in [6, 6.07) is 0. The Hall–Kier alpha value is -1.64. The average Bonchev–Trinajstić information content (AvgIpc) is 2.72. The van der Waals surface area contributed by atoms with E-state index >= 15 is 0 Å². The fourth-order valence-corrected chi connectivity index (χ4v) is 1.98. The largest absolute Gasteiger partial charge is 0.394 e. The molecule has 1 aromatic rings. The van der Waals surface area contributed by atoms with E-state index in [1.165, 1.54) is 13.1 Å². The van der Waals surface area contributed by atoms with E-state index in [9.17, 15) is 14.7 Å². The summed E-state index contributed by atoms with van der Waals surface area (Å²) in [4.78, 5) is 23.2. The molecule has 0 spiro atoms. The summed E-state index contributed by atoms with van der Waals surface area (Å²) in [6.45, 7) is 1.18. The summed E-state index contributed by atoms with van der Waals surface area (Å²) < 4.78 is 6.98. The van der Waals surface area contributed by atoms with Crippen molar-refractivity contribution in [2.24, 2.45) is 0 Å². The highest BCUT2D eigenvalue weighted by atomic mass is 16.5. The molecule has 1 aliphatic heterocycles. The highest BCUT2D eigenvalue weighted by Crippen LogP contribution is 2.27. The van der Waals surface area contributed by atoms with Crippen molar-refractivity contribution in [3.8, 4) is 0 Å². The normalized spacial score (nSPS) is 27.6. The number of nitrogens with zero attached hydrogens (tertiary/aromatic N) is 2. The monoisotopic (exact) mass is 257 g/mol. The zero-order valence-corrected chi connectivity index (χ0v) is 9.81. The second-order valence-electron chi connectivity index (χ2n) is 4.29. The van der Waals surface area contributed by atoms with Crippen LogP contribution in [-0.4, -0.2) is 38.3 Å². The average molecular weight is 257 g/mol. The molecule has 0 bridgehead atoms. The molecule has 18 heavy (non-hydrogen) atoms. The van der Waals surface area contributed by atoms with Crippen molar-refractivity contribution < 1.29 is 14.9 Å². The van der Waals surface area contributed by atoms with Crippen LogP contribution >= 0.6 is 0 Å². The number of nitrogens with two attached hydrogens (primary N) is 1. The van der Waals surface area contributed by atoms with Gasteiger partial charge in [0.1, 0.15) is 12.3 Å². The Morgan fingerprint density at radius 3 is 2.78 bits per heavy atom. The van der Waals surface area contributed by atoms with Crippen molar-refractivity contribution in [2.45, 2.75) is 31.8 Å². The number of nitrogen functional groups attached to an aromatic ring is 1. The molecule has 0 amide bonds. The summed E-state index contributed by atoms with van der Waals surface area (Å²) >= 11 is 0. The number of hydrogen-bond acceptors (Lipinski definition) is 6. The van der Waals surface area contributed by atoms with Crippen molar-refractivity contribution in [3.63, 3.8) is 0 Å². The van der Waals surface area contributed by atoms with Gasteiger partial charge in [0.2, 0.25) is 0 Å². The zero-order chi connectivity index (χ0) is 13.4. The van der Waals surface area contributed by atoms with E-state index in [-0.39, 0.29) is 13.0 Å². The van der Waals surface area contributed by atoms with Gasteiger partial charge >= 0.3 is 5.69 Å². The maximum absolute atomic E-state index is 11.8. The van der Waals surface area contributed by atoms with E-state index in [2.05, 4.69) is 0 Å². The van der Waals surface area contributed by atoms with E-state index < -0.39 is 29.7 Å². The fourth-order valence-electron chi connectivity index (χ4n) is 1.98. The van der Waals surface area contributed by atoms with Crippen LogP contribution in [0.15, 0.2) is 15.8 Å². The maximum atomic E-state index is 11.8. The van der Waals surface area contributed by atoms with Crippen LogP contribution in [0.2, 0.25) is 0 Å². The van der Waals surface area contributed by atoms with Crippen LogP contribution in [0.25, 0.3) is 0 Å². The summed E-state index contributed by atoms with van der Waals surface area (Å²) in [6.07, 6.45) is -0.835. The molecule has 2 rings (SSSR count). The predicted molar refractivity (Wildman–Crippen MR) is 61.5 cm³/mol. The Morgan fingerprint density at radius 1 is 1.56 bits per heavy atom. The molecule has 2 heterocycles. The molecule has 0 aromatic carbocycles. The standard InChI is InChI=1S/C10H15N3O5/c1-5-3-12(10(17)13(11)9(5)16)8-2-6(15)7(4-14)18-8/h3,6-8,14-15H,2,4,11H2,1H3/t6-,7+,8+/m0/s1. The van der Waals surface area contributed by atoms with Crippen molar-refractivity contribution in [2.75, 3.05) is 12.4 Å². The minimum atomic E-state index is -0.856. The van der Waals surface area contributed by atoms with Crippen LogP contribution < -0.4 is 17.1 Å². The SMILES string of the molecule is Cc1cn([C@H]2C[C@H](O)[C@@H](CO)O2)c(=O)n(N)c1=O. The van der Waals surface area contributed by atoms with Crippen LogP contribution in [0.5, 0.6) is 0 Å². The van der Waals surface area contributed by atoms with Gasteiger partial charge in [-0.1, -0.05) is 0 Å². The Labute approximate surface area is 102 Å². The minimum absolute atomic E-state index is 0.156. The molecule has 0 saturated carbocycles. The maximum Gasteiger partial charge on any atom is 0.351 e. The number of aryl methyl sites for hydroxylation is 1. The summed E-state index contributed by atoms with van der Waals surface area (Å²) in [7, 11) is 0. The van der Waals surface area contributed by atoms with Crippen molar-refractivity contribution >= 4 is 0 Å². The van der Waals surface area contributed by atoms with Gasteiger partial charge in [-0.25, -0.2) is 4.79 Å². The molecular weight excluding hydrogens is 242 g/mol. The van der Waals surface area contributed by atoms with Crippen molar-refractivity contribution in [1.82, 2.24) is 9.24 Å². The van der Waals surface area contributed by atoms with Gasteiger partial charge in [0.15, 0.2) is 0 Å². The predicted octanol–water partition coefficient (Wildman–Crippen LogP) is -2.33. The number of aromatic nitrogens is 2. The first kappa shape index (κ1) is 12.8. The Morgan fingerprint density at radius 2 is 2.22 bits per heavy atom. The second-order valence-corrected chi connectivity index (χ2v) is 4.29. The molecule has 0 aliphatic carbocycles. The van der Waals surface area contributed by atoms with Gasteiger partial charge in [0, 0.05) is 18.2 Å². The zero-order valence-electron chi connectivity index (χ0n) is 9.81. The minimum Gasteiger partial charge on any atom is -0.394 e. The molecule has 8 nitrogen and oxygen atoms in total. The Kier molecular flexibility index (Phi) is 3.24. The van der Waals surface area contributed by atoms with Crippen LogP contribution in [0.1, 0.15) is 18.2 Å². The lowest BCUT2D eigenvalue weighted by Crippen LogP contribution is -2.46. The summed E-state index contributed by atoms with van der Waals surface area (Å²) in [5, 5.41) is 18.6. The van der Waals surface area contributed by atoms with Gasteiger partial charge in [0.25, 0.3) is 5.56 Å². The highest BCUT2D eigenvalue weighted by Gasteiger charge is 2.35. The van der Waals surface area contributed by atoms with Gasteiger partial charge in [-0.15, -0.1) is 0 Å². The number of aliphatic hydroxyl groups is 2. The van der Waals surface area contributed by atoms with Crippen molar-refractivity contribution in [3.05, 3.63) is 32.6 Å². The lowest BCUT2D eigenvalue weighted by molar-refractivity contribution is -0.0462. The van der Waals surface area contributed by atoms with Crippen LogP contribution in [-0.2, 0) is 4.74 Å². The second kappa shape index (κ2) is 4.56. The molecule has 1 aromatic heterocycles. The third-order valence-corrected chi connectivity index (χ3v) is 3.01. The fraction of sp³-hybridized carbons (Fsp3) is 0.600. The Balaban J connectivity index is 2.42. The van der Waals surface area contributed by atoms with Gasteiger partial charge in [-0.05, 0) is 6.92 Å². The first-order valence-corrected chi connectivity index (χ1v) is 5.50. The number of ether oxygens (including phenoxy) is 1. The van der Waals surface area contributed by atoms with Crippen LogP contribution in [0, 0.1) is 6.92 Å². The number of aliphatic hydroxyl groups excluding tert-OH is 2. The lowest BCUT2D eigenvalue weighted by atomic mass is 10.2. The molecule has 4 N–H and O–H groups in total. The molecular formula is C10H15N3O5. The third-order valence-electron chi connectivity index (χ3n) is 3.01. The van der Waals surface area contributed by atoms with E-state index in [1.54, 1.807) is 0 Å². The van der Waals surface area contributed by atoms with E-state index in [0.29, 0.717) is 10.2 Å². The lowest BCUT2D eigenvalue weighted by Gasteiger charge is -2.15. The third kappa shape index (κ3) is 1.94. The molecule has 1 fully saturated rings. The smallest absolute Gasteiger partial charge is 0.351 e. The number of hydrogen-bond donors (Lipinski definition) is 3. The molecule has 1 saturated heterocycles. The number of rotatable bonds is 2. The van der Waals surface area contributed by atoms with E-state index in [1.807, 2.05) is 0 Å². The highest BCUT2D eigenvalue weighted by molar-refractivity contribution is 5.03. The topological polar surface area (TPSA) is 120 Å². The van der Waals surface area contributed by atoms with Gasteiger partial charge < -0.3 is 20.8 Å². The van der Waals surface area contributed by atoms with Gasteiger partial charge in [-0.3, -0.25) is 9.36 Å². The molecule has 3 atom stereocenters. The molecule has 1 aliphatic rings. The Bertz CT molecular complexity index is 564. The van der Waals surface area contributed by atoms with Gasteiger partial charge in [0.05, 0.1) is 12.7 Å². The van der Waals surface area contributed by atoms with E-state index in [4.69, 9.17) is 15.7 Å². The molecule has 0 unspecified atom stereocenters. The molecule has 8 heteroatoms. The quantitative estimate of drug-likeness (QED) is 0.511. The first-order valence-electron chi connectivity index (χ1n) is 5.50.